The Morgan fingerprint density at radius 3 is 2.36 bits per heavy atom. The molecule has 60 valence electrons. The van der Waals surface area contributed by atoms with E-state index in [1.165, 1.54) is 12.8 Å². The number of alkyl halides is 1. The molecule has 2 heteroatoms. The monoisotopic (exact) mass is 169 g/mol. The fraction of sp³-hybridized carbons (Fsp3) is 0.556. The lowest BCUT2D eigenvalue weighted by Gasteiger charge is -2.11. The maximum Gasteiger partial charge on any atom is 0.0297 e. The summed E-state index contributed by atoms with van der Waals surface area (Å²) in [7, 11) is 0. The zero-order valence-electron chi connectivity index (χ0n) is 6.46. The fourth-order valence-corrected chi connectivity index (χ4v) is 1.73. The van der Waals surface area contributed by atoms with Crippen LogP contribution in [0.2, 0.25) is 0 Å². The van der Waals surface area contributed by atoms with E-state index in [1.54, 1.807) is 0 Å². The van der Waals surface area contributed by atoms with Gasteiger partial charge in [0, 0.05) is 30.2 Å². The summed E-state index contributed by atoms with van der Waals surface area (Å²) in [6.07, 6.45) is 6.81. The summed E-state index contributed by atoms with van der Waals surface area (Å²) < 4.78 is 2.22. The predicted molar refractivity (Wildman–Crippen MR) is 46.8 cm³/mol. The van der Waals surface area contributed by atoms with Crippen LogP contribution in [0, 0.1) is 5.41 Å². The van der Waals surface area contributed by atoms with Crippen LogP contribution in [0.25, 0.3) is 0 Å². The van der Waals surface area contributed by atoms with E-state index in [0.29, 0.717) is 5.41 Å². The molecule has 1 aliphatic rings. The lowest BCUT2D eigenvalue weighted by Crippen LogP contribution is -2.11. The first-order chi connectivity index (χ1) is 5.35. The van der Waals surface area contributed by atoms with Gasteiger partial charge in [-0.1, -0.05) is 0 Å². The van der Waals surface area contributed by atoms with E-state index in [-0.39, 0.29) is 0 Å². The van der Waals surface area contributed by atoms with Crippen LogP contribution in [-0.4, -0.2) is 10.4 Å². The van der Waals surface area contributed by atoms with Crippen molar-refractivity contribution in [3.8, 4) is 0 Å². The van der Waals surface area contributed by atoms with E-state index in [4.69, 9.17) is 11.6 Å². The normalized spacial score (nSPS) is 20.1. The lowest BCUT2D eigenvalue weighted by molar-refractivity contribution is 0.471. The Hall–Kier alpha value is -0.430. The highest BCUT2D eigenvalue weighted by Gasteiger charge is 2.41. The maximum absolute atomic E-state index is 5.86. The smallest absolute Gasteiger partial charge is 0.0297 e. The van der Waals surface area contributed by atoms with E-state index in [1.807, 2.05) is 0 Å². The van der Waals surface area contributed by atoms with Crippen molar-refractivity contribution >= 4 is 11.6 Å². The first-order valence-corrected chi connectivity index (χ1v) is 4.55. The molecule has 1 aromatic rings. The van der Waals surface area contributed by atoms with Gasteiger partial charge in [-0.25, -0.2) is 0 Å². The maximum atomic E-state index is 5.86. The molecule has 0 amide bonds. The van der Waals surface area contributed by atoms with Gasteiger partial charge < -0.3 is 4.57 Å². The van der Waals surface area contributed by atoms with Crippen LogP contribution in [0.5, 0.6) is 0 Å². The van der Waals surface area contributed by atoms with Gasteiger partial charge in [-0.3, -0.25) is 0 Å². The van der Waals surface area contributed by atoms with Gasteiger partial charge in [-0.15, -0.1) is 11.6 Å². The summed E-state index contributed by atoms with van der Waals surface area (Å²) >= 11 is 5.86. The SMILES string of the molecule is ClCC1(Cn2cccc2)CC1. The van der Waals surface area contributed by atoms with Crippen LogP contribution in [0.3, 0.4) is 0 Å². The molecule has 0 bridgehead atoms. The van der Waals surface area contributed by atoms with Gasteiger partial charge in [0.2, 0.25) is 0 Å². The average molecular weight is 170 g/mol. The van der Waals surface area contributed by atoms with Crippen molar-refractivity contribution in [2.24, 2.45) is 5.41 Å². The van der Waals surface area contributed by atoms with Crippen molar-refractivity contribution < 1.29 is 0 Å². The van der Waals surface area contributed by atoms with Gasteiger partial charge in [0.05, 0.1) is 0 Å². The third-order valence-corrected chi connectivity index (χ3v) is 2.99. The Kier molecular flexibility index (Phi) is 1.68. The van der Waals surface area contributed by atoms with Gasteiger partial charge in [0.25, 0.3) is 0 Å². The topological polar surface area (TPSA) is 4.93 Å². The number of hydrogen-bond donors (Lipinski definition) is 0. The van der Waals surface area contributed by atoms with Crippen molar-refractivity contribution in [1.82, 2.24) is 4.57 Å². The minimum absolute atomic E-state index is 0.445. The van der Waals surface area contributed by atoms with Crippen LogP contribution in [0.4, 0.5) is 0 Å². The predicted octanol–water partition coefficient (Wildman–Crippen LogP) is 2.51. The van der Waals surface area contributed by atoms with Crippen LogP contribution in [0.1, 0.15) is 12.8 Å². The van der Waals surface area contributed by atoms with E-state index in [2.05, 4.69) is 29.1 Å². The fourth-order valence-electron chi connectivity index (χ4n) is 1.37. The molecule has 0 spiro atoms. The molecule has 0 unspecified atom stereocenters. The average Bonchev–Trinajstić information content (AvgIpc) is 2.59. The van der Waals surface area contributed by atoms with Crippen LogP contribution in [0.15, 0.2) is 24.5 Å². The standard InChI is InChI=1S/C9H12ClN/c10-7-9(3-4-9)8-11-5-1-2-6-11/h1-2,5-6H,3-4,7-8H2. The molecule has 11 heavy (non-hydrogen) atoms. The van der Waals surface area contributed by atoms with Gasteiger partial charge in [0.1, 0.15) is 0 Å². The molecule has 0 saturated heterocycles. The zero-order chi connectivity index (χ0) is 7.73. The zero-order valence-corrected chi connectivity index (χ0v) is 7.22. The molecule has 0 atom stereocenters. The second-order valence-corrected chi connectivity index (χ2v) is 3.76. The summed E-state index contributed by atoms with van der Waals surface area (Å²) in [6.45, 7) is 1.10. The highest BCUT2D eigenvalue weighted by Crippen LogP contribution is 2.47. The van der Waals surface area contributed by atoms with E-state index < -0.39 is 0 Å². The van der Waals surface area contributed by atoms with Crippen molar-refractivity contribution in [2.75, 3.05) is 5.88 Å². The number of hydrogen-bond acceptors (Lipinski definition) is 0. The molecule has 1 fully saturated rings. The molecule has 1 nitrogen and oxygen atoms in total. The van der Waals surface area contributed by atoms with Crippen molar-refractivity contribution in [3.63, 3.8) is 0 Å². The number of nitrogens with zero attached hydrogens (tertiary/aromatic N) is 1. The molecule has 1 aromatic heterocycles. The van der Waals surface area contributed by atoms with E-state index >= 15 is 0 Å². The number of aromatic nitrogens is 1. The highest BCUT2D eigenvalue weighted by molar-refractivity contribution is 6.18. The minimum Gasteiger partial charge on any atom is -0.354 e. The molecular formula is C9H12ClN. The van der Waals surface area contributed by atoms with Gasteiger partial charge in [-0.05, 0) is 25.0 Å². The van der Waals surface area contributed by atoms with Crippen molar-refractivity contribution in [1.29, 1.82) is 0 Å². The Bertz CT molecular complexity index is 224. The molecule has 2 rings (SSSR count). The van der Waals surface area contributed by atoms with Crippen LogP contribution in [-0.2, 0) is 6.54 Å². The van der Waals surface area contributed by atoms with Crippen molar-refractivity contribution in [3.05, 3.63) is 24.5 Å². The summed E-state index contributed by atoms with van der Waals surface area (Å²) in [5.41, 5.74) is 0.445. The highest BCUT2D eigenvalue weighted by atomic mass is 35.5. The molecule has 0 aliphatic heterocycles. The second kappa shape index (κ2) is 2.56. The first kappa shape index (κ1) is 7.23. The summed E-state index contributed by atoms with van der Waals surface area (Å²) in [4.78, 5) is 0. The van der Waals surface area contributed by atoms with E-state index in [0.717, 1.165) is 12.4 Å². The molecular weight excluding hydrogens is 158 g/mol. The minimum atomic E-state index is 0.445. The third-order valence-electron chi connectivity index (χ3n) is 2.42. The first-order valence-electron chi connectivity index (χ1n) is 4.01. The molecule has 1 aliphatic carbocycles. The summed E-state index contributed by atoms with van der Waals surface area (Å²) in [6, 6.07) is 4.12. The van der Waals surface area contributed by atoms with Crippen LogP contribution >= 0.6 is 11.6 Å². The molecule has 0 aromatic carbocycles. The summed E-state index contributed by atoms with van der Waals surface area (Å²) in [5, 5.41) is 0. The Morgan fingerprint density at radius 1 is 1.27 bits per heavy atom. The lowest BCUT2D eigenvalue weighted by atomic mass is 10.1. The molecule has 1 saturated carbocycles. The van der Waals surface area contributed by atoms with Gasteiger partial charge in [-0.2, -0.15) is 0 Å². The Balaban J connectivity index is 2.01. The Morgan fingerprint density at radius 2 is 1.91 bits per heavy atom. The third kappa shape index (κ3) is 1.43. The van der Waals surface area contributed by atoms with Crippen LogP contribution < -0.4 is 0 Å². The quantitative estimate of drug-likeness (QED) is 0.613. The largest absolute Gasteiger partial charge is 0.354 e. The molecule has 1 heterocycles. The molecule has 0 radical (unpaired) electrons. The Labute approximate surface area is 72.0 Å². The van der Waals surface area contributed by atoms with Gasteiger partial charge >= 0.3 is 0 Å². The molecule has 0 N–H and O–H groups in total. The number of rotatable bonds is 3. The van der Waals surface area contributed by atoms with Gasteiger partial charge in [0.15, 0.2) is 0 Å². The summed E-state index contributed by atoms with van der Waals surface area (Å²) in [5.74, 6) is 0.811. The van der Waals surface area contributed by atoms with Crippen molar-refractivity contribution in [2.45, 2.75) is 19.4 Å². The number of halogens is 1. The second-order valence-electron chi connectivity index (χ2n) is 3.49. The van der Waals surface area contributed by atoms with E-state index in [9.17, 15) is 0 Å².